The van der Waals surface area contributed by atoms with Crippen molar-refractivity contribution in [3.05, 3.63) is 63.0 Å². The first-order valence-electron chi connectivity index (χ1n) is 5.33. The van der Waals surface area contributed by atoms with Crippen LogP contribution in [0.3, 0.4) is 0 Å². The smallest absolute Gasteiger partial charge is 0.00533 e. The van der Waals surface area contributed by atoms with Gasteiger partial charge < -0.3 is 0 Å². The largest absolute Gasteiger partial charge is 0.103 e. The van der Waals surface area contributed by atoms with E-state index in [1.54, 1.807) is 0 Å². The monoisotopic (exact) mass is 201 g/mol. The zero-order valence-electron chi connectivity index (χ0n) is 9.54. The molecule has 81 valence electrons. The van der Waals surface area contributed by atoms with E-state index in [-0.39, 0.29) is 0 Å². The SMILES string of the molecule is C=CC[C]([C]C(CC=C)CC=C)CC=C. The molecule has 0 saturated heterocycles. The lowest BCUT2D eigenvalue weighted by atomic mass is 9.86. The van der Waals surface area contributed by atoms with E-state index >= 15 is 0 Å². The Morgan fingerprint density at radius 3 is 1.67 bits per heavy atom. The van der Waals surface area contributed by atoms with Crippen LogP contribution >= 0.6 is 0 Å². The molecule has 0 N–H and O–H groups in total. The Morgan fingerprint density at radius 2 is 1.33 bits per heavy atom. The fraction of sp³-hybridized carbons (Fsp3) is 0.333. The summed E-state index contributed by atoms with van der Waals surface area (Å²) in [6.07, 6.45) is 14.8. The fourth-order valence-corrected chi connectivity index (χ4v) is 1.45. The van der Waals surface area contributed by atoms with Crippen LogP contribution in [0.4, 0.5) is 0 Å². The first-order valence-corrected chi connectivity index (χ1v) is 5.33. The number of allylic oxidation sites excluding steroid dienone is 4. The molecule has 0 aliphatic heterocycles. The summed E-state index contributed by atoms with van der Waals surface area (Å²) in [4.78, 5) is 0. The van der Waals surface area contributed by atoms with Crippen molar-refractivity contribution in [1.29, 1.82) is 0 Å². The zero-order valence-corrected chi connectivity index (χ0v) is 9.54. The average Bonchev–Trinajstić information content (AvgIpc) is 2.19. The van der Waals surface area contributed by atoms with Crippen LogP contribution in [0.25, 0.3) is 0 Å². The fourth-order valence-electron chi connectivity index (χ4n) is 1.45. The molecule has 0 saturated carbocycles. The van der Waals surface area contributed by atoms with Crippen LogP contribution in [0.1, 0.15) is 25.7 Å². The molecule has 0 amide bonds. The van der Waals surface area contributed by atoms with E-state index in [1.807, 2.05) is 24.3 Å². The van der Waals surface area contributed by atoms with Gasteiger partial charge in [0.2, 0.25) is 0 Å². The van der Waals surface area contributed by atoms with Crippen molar-refractivity contribution < 1.29 is 0 Å². The van der Waals surface area contributed by atoms with Crippen molar-refractivity contribution in [3.8, 4) is 0 Å². The molecule has 0 aromatic heterocycles. The van der Waals surface area contributed by atoms with Crippen LogP contribution in [-0.4, -0.2) is 0 Å². The minimum absolute atomic E-state index is 0.398. The normalized spacial score (nSPS) is 10.3. The highest BCUT2D eigenvalue weighted by molar-refractivity contribution is 5.13. The van der Waals surface area contributed by atoms with Crippen LogP contribution in [0.5, 0.6) is 0 Å². The second-order valence-electron chi connectivity index (χ2n) is 3.48. The summed E-state index contributed by atoms with van der Waals surface area (Å²) in [5.74, 6) is 1.66. The third-order valence-corrected chi connectivity index (χ3v) is 2.09. The second-order valence-corrected chi connectivity index (χ2v) is 3.48. The summed E-state index contributed by atoms with van der Waals surface area (Å²) >= 11 is 0. The molecule has 0 heteroatoms. The molecule has 3 radical (unpaired) electrons. The Balaban J connectivity index is 4.15. The molecule has 15 heavy (non-hydrogen) atoms. The maximum absolute atomic E-state index is 3.76. The topological polar surface area (TPSA) is 0 Å². The van der Waals surface area contributed by atoms with Crippen molar-refractivity contribution in [2.75, 3.05) is 0 Å². The zero-order chi connectivity index (χ0) is 11.5. The molecule has 0 nitrogen and oxygen atoms in total. The maximum Gasteiger partial charge on any atom is -0.00533 e. The van der Waals surface area contributed by atoms with Gasteiger partial charge in [-0.3, -0.25) is 0 Å². The van der Waals surface area contributed by atoms with Gasteiger partial charge >= 0.3 is 0 Å². The molecular weight excluding hydrogens is 180 g/mol. The van der Waals surface area contributed by atoms with E-state index in [9.17, 15) is 0 Å². The van der Waals surface area contributed by atoms with E-state index in [4.69, 9.17) is 0 Å². The maximum atomic E-state index is 3.76. The summed E-state index contributed by atoms with van der Waals surface area (Å²) in [6, 6.07) is 0. The summed E-state index contributed by atoms with van der Waals surface area (Å²) in [6.45, 7) is 15.0. The molecule has 0 unspecified atom stereocenters. The highest BCUT2D eigenvalue weighted by atomic mass is 14.2. The standard InChI is InChI=1S/C15H21/c1-5-9-14(10-6-2)13-15(11-7-3)12-8-4/h5-8,14H,1-4,9-12H2. The van der Waals surface area contributed by atoms with Crippen LogP contribution in [-0.2, 0) is 0 Å². The molecule has 0 bridgehead atoms. The minimum Gasteiger partial charge on any atom is -0.103 e. The molecule has 0 spiro atoms. The van der Waals surface area contributed by atoms with Gasteiger partial charge in [-0.25, -0.2) is 0 Å². The van der Waals surface area contributed by atoms with Crippen LogP contribution in [0.15, 0.2) is 50.6 Å². The van der Waals surface area contributed by atoms with Gasteiger partial charge in [0.25, 0.3) is 0 Å². The van der Waals surface area contributed by atoms with Gasteiger partial charge in [-0.15, -0.1) is 26.3 Å². The van der Waals surface area contributed by atoms with E-state index in [0.29, 0.717) is 5.92 Å². The Morgan fingerprint density at radius 1 is 0.867 bits per heavy atom. The Kier molecular flexibility index (Phi) is 8.85. The molecule has 0 aliphatic carbocycles. The highest BCUT2D eigenvalue weighted by Crippen LogP contribution is 2.25. The number of rotatable bonds is 10. The van der Waals surface area contributed by atoms with Crippen LogP contribution in [0, 0.1) is 18.3 Å². The van der Waals surface area contributed by atoms with Gasteiger partial charge in [0.05, 0.1) is 0 Å². The quantitative estimate of drug-likeness (QED) is 0.454. The molecule has 0 atom stereocenters. The third kappa shape index (κ3) is 6.96. The molecule has 0 aromatic rings. The van der Waals surface area contributed by atoms with Gasteiger partial charge in [0.15, 0.2) is 0 Å². The average molecular weight is 201 g/mol. The van der Waals surface area contributed by atoms with E-state index in [2.05, 4.69) is 32.7 Å². The van der Waals surface area contributed by atoms with Gasteiger partial charge in [0, 0.05) is 0 Å². The summed E-state index contributed by atoms with van der Waals surface area (Å²) in [5.41, 5.74) is 0. The lowest BCUT2D eigenvalue weighted by molar-refractivity contribution is 0.603. The van der Waals surface area contributed by atoms with Gasteiger partial charge in [0.1, 0.15) is 0 Å². The van der Waals surface area contributed by atoms with Crippen LogP contribution < -0.4 is 0 Å². The Hall–Kier alpha value is -1.04. The molecule has 0 aromatic carbocycles. The van der Waals surface area contributed by atoms with E-state index in [0.717, 1.165) is 25.7 Å². The predicted octanol–water partition coefficient (Wildman–Crippen LogP) is 4.56. The van der Waals surface area contributed by atoms with E-state index in [1.165, 1.54) is 5.92 Å². The van der Waals surface area contributed by atoms with E-state index < -0.39 is 0 Å². The van der Waals surface area contributed by atoms with Crippen molar-refractivity contribution in [2.24, 2.45) is 5.92 Å². The van der Waals surface area contributed by atoms with Crippen molar-refractivity contribution in [1.82, 2.24) is 0 Å². The van der Waals surface area contributed by atoms with Crippen molar-refractivity contribution in [2.45, 2.75) is 25.7 Å². The van der Waals surface area contributed by atoms with Crippen LogP contribution in [0.2, 0.25) is 0 Å². The second kappa shape index (κ2) is 9.51. The lowest BCUT2D eigenvalue weighted by Crippen LogP contribution is -2.06. The minimum atomic E-state index is 0.398. The predicted molar refractivity (Wildman–Crippen MR) is 69.2 cm³/mol. The molecule has 0 aliphatic rings. The van der Waals surface area contributed by atoms with Crippen molar-refractivity contribution >= 4 is 0 Å². The summed E-state index contributed by atoms with van der Waals surface area (Å²) in [5, 5.41) is 0. The molecule has 0 rings (SSSR count). The molecule has 0 fully saturated rings. The first kappa shape index (κ1) is 14.0. The Labute approximate surface area is 95.1 Å². The summed E-state index contributed by atoms with van der Waals surface area (Å²) in [7, 11) is 0. The molecule has 0 heterocycles. The first-order chi connectivity index (χ1) is 7.28. The lowest BCUT2D eigenvalue weighted by Gasteiger charge is -2.18. The van der Waals surface area contributed by atoms with Gasteiger partial charge in [-0.05, 0) is 43.9 Å². The highest BCUT2D eigenvalue weighted by Gasteiger charge is 2.13. The number of hydrogen-bond acceptors (Lipinski definition) is 0. The van der Waals surface area contributed by atoms with Crippen molar-refractivity contribution in [3.63, 3.8) is 0 Å². The third-order valence-electron chi connectivity index (χ3n) is 2.09. The summed E-state index contributed by atoms with van der Waals surface area (Å²) < 4.78 is 0. The molecular formula is C15H21. The van der Waals surface area contributed by atoms with Gasteiger partial charge in [-0.1, -0.05) is 24.3 Å². The number of hydrogen-bond donors (Lipinski definition) is 0. The Bertz CT molecular complexity index is 158. The van der Waals surface area contributed by atoms with Gasteiger partial charge in [-0.2, -0.15) is 0 Å².